The quantitative estimate of drug-likeness (QED) is 0.0792. The lowest BCUT2D eigenvalue weighted by Crippen LogP contribution is -2.16. The Morgan fingerprint density at radius 3 is 2.72 bits per heavy atom. The molecule has 4 N–H and O–H groups in total. The molecule has 0 saturated heterocycles. The summed E-state index contributed by atoms with van der Waals surface area (Å²) in [5, 5.41) is 24.3. The van der Waals surface area contributed by atoms with Gasteiger partial charge in [0.25, 0.3) is 5.95 Å². The van der Waals surface area contributed by atoms with Gasteiger partial charge in [-0.3, -0.25) is 10.1 Å². The van der Waals surface area contributed by atoms with Crippen molar-refractivity contribution in [1.82, 2.24) is 25.1 Å². The summed E-state index contributed by atoms with van der Waals surface area (Å²) in [5.74, 6) is 6.70. The number of rotatable bonds is 11. The van der Waals surface area contributed by atoms with Gasteiger partial charge in [-0.2, -0.15) is 5.10 Å². The number of hydrazone groups is 1. The zero-order valence-electron chi connectivity index (χ0n) is 18.6. The van der Waals surface area contributed by atoms with Crippen LogP contribution in [-0.2, 0) is 10.5 Å². The van der Waals surface area contributed by atoms with E-state index in [1.54, 1.807) is 12.3 Å². The molecule has 4 rings (SSSR count). The van der Waals surface area contributed by atoms with E-state index in [1.807, 2.05) is 60.7 Å². The van der Waals surface area contributed by atoms with E-state index in [-0.39, 0.29) is 17.6 Å². The van der Waals surface area contributed by atoms with Crippen LogP contribution in [0.15, 0.2) is 75.3 Å². The van der Waals surface area contributed by atoms with E-state index in [9.17, 15) is 4.79 Å². The van der Waals surface area contributed by atoms with E-state index in [0.29, 0.717) is 21.1 Å². The SMILES string of the molecule is Nn1c(N/N=C/C=C/c2ccccc2)nnc1SCC(=O)Nc1nnc(SCc2ccccc2Cl)s1. The number of amides is 1. The molecular formula is C22H20ClN9OS3. The predicted octanol–water partition coefficient (Wildman–Crippen LogP) is 4.63. The lowest BCUT2D eigenvalue weighted by molar-refractivity contribution is -0.113. The van der Waals surface area contributed by atoms with Gasteiger partial charge < -0.3 is 5.84 Å². The molecule has 2 heterocycles. The van der Waals surface area contributed by atoms with Gasteiger partial charge in [0.15, 0.2) is 4.34 Å². The Labute approximate surface area is 224 Å². The first-order valence-electron chi connectivity index (χ1n) is 10.4. The maximum absolute atomic E-state index is 12.3. The van der Waals surface area contributed by atoms with Crippen molar-refractivity contribution in [2.45, 2.75) is 15.2 Å². The van der Waals surface area contributed by atoms with Gasteiger partial charge in [-0.1, -0.05) is 101 Å². The topological polar surface area (TPSA) is 136 Å². The van der Waals surface area contributed by atoms with Crippen molar-refractivity contribution in [3.8, 4) is 0 Å². The normalized spacial score (nSPS) is 11.4. The molecule has 2 aromatic carbocycles. The number of hydrogen-bond acceptors (Lipinski definition) is 11. The fourth-order valence-corrected chi connectivity index (χ4v) is 5.38. The number of aromatic nitrogens is 5. The van der Waals surface area contributed by atoms with Gasteiger partial charge in [-0.05, 0) is 23.3 Å². The largest absolute Gasteiger partial charge is 0.334 e. The minimum atomic E-state index is -0.264. The number of allylic oxidation sites excluding steroid dienone is 1. The van der Waals surface area contributed by atoms with Gasteiger partial charge in [0.05, 0.1) is 5.75 Å². The Hall–Kier alpha value is -3.39. The van der Waals surface area contributed by atoms with Crippen molar-refractivity contribution >= 4 is 75.7 Å². The molecule has 0 spiro atoms. The van der Waals surface area contributed by atoms with Crippen molar-refractivity contribution in [3.05, 3.63) is 76.8 Å². The Morgan fingerprint density at radius 1 is 1.08 bits per heavy atom. The molecule has 14 heteroatoms. The van der Waals surface area contributed by atoms with Crippen LogP contribution >= 0.6 is 46.5 Å². The zero-order valence-corrected chi connectivity index (χ0v) is 21.8. The van der Waals surface area contributed by atoms with Gasteiger partial charge >= 0.3 is 0 Å². The van der Waals surface area contributed by atoms with E-state index in [0.717, 1.165) is 27.2 Å². The first kappa shape index (κ1) is 25.7. The first-order chi connectivity index (χ1) is 17.6. The first-order valence-corrected chi connectivity index (χ1v) is 13.6. The summed E-state index contributed by atoms with van der Waals surface area (Å²) in [7, 11) is 0. The summed E-state index contributed by atoms with van der Waals surface area (Å²) in [5.41, 5.74) is 4.79. The van der Waals surface area contributed by atoms with Crippen LogP contribution in [-0.4, -0.2) is 42.9 Å². The Bertz CT molecular complexity index is 1360. The average Bonchev–Trinajstić information content (AvgIpc) is 3.48. The van der Waals surface area contributed by atoms with Crippen molar-refractivity contribution in [2.75, 3.05) is 22.3 Å². The second kappa shape index (κ2) is 13.1. The molecule has 0 unspecified atom stereocenters. The third-order valence-electron chi connectivity index (χ3n) is 4.37. The molecule has 36 heavy (non-hydrogen) atoms. The van der Waals surface area contributed by atoms with Gasteiger partial charge in [0.1, 0.15) is 0 Å². The minimum Gasteiger partial charge on any atom is -0.334 e. The molecule has 0 aliphatic rings. The standard InChI is InChI=1S/C22H20ClN9OS3/c23-17-11-5-4-10-16(17)13-35-22-31-29-20(36-22)26-18(33)14-34-21-30-28-19(32(21)24)27-25-12-6-9-15-7-2-1-3-8-15/h1-12H,13-14,24H2,(H,27,28)(H,26,29,33)/b9-6+,25-12+. The summed E-state index contributed by atoms with van der Waals surface area (Å²) in [6.45, 7) is 0. The van der Waals surface area contributed by atoms with Crippen LogP contribution in [0.2, 0.25) is 5.02 Å². The van der Waals surface area contributed by atoms with Crippen molar-refractivity contribution in [2.24, 2.45) is 5.10 Å². The molecule has 1 amide bonds. The molecule has 0 fully saturated rings. The van der Waals surface area contributed by atoms with Crippen LogP contribution in [0.3, 0.4) is 0 Å². The minimum absolute atomic E-state index is 0.0695. The van der Waals surface area contributed by atoms with E-state index in [4.69, 9.17) is 17.4 Å². The van der Waals surface area contributed by atoms with Crippen molar-refractivity contribution in [1.29, 1.82) is 0 Å². The van der Waals surface area contributed by atoms with E-state index >= 15 is 0 Å². The number of nitrogens with one attached hydrogen (secondary N) is 2. The molecule has 0 radical (unpaired) electrons. The van der Waals surface area contributed by atoms with Gasteiger partial charge in [0, 0.05) is 17.0 Å². The Morgan fingerprint density at radius 2 is 1.89 bits per heavy atom. The second-order valence-corrected chi connectivity index (χ2v) is 10.5. The number of nitrogens with two attached hydrogens (primary N) is 1. The number of carbonyl (C=O) groups excluding carboxylic acids is 1. The van der Waals surface area contributed by atoms with Crippen LogP contribution in [0, 0.1) is 0 Å². The highest BCUT2D eigenvalue weighted by Crippen LogP contribution is 2.30. The molecule has 0 atom stereocenters. The molecule has 10 nitrogen and oxygen atoms in total. The maximum atomic E-state index is 12.3. The van der Waals surface area contributed by atoms with Crippen LogP contribution in [0.4, 0.5) is 11.1 Å². The third kappa shape index (κ3) is 7.55. The lowest BCUT2D eigenvalue weighted by Gasteiger charge is -2.02. The summed E-state index contributed by atoms with van der Waals surface area (Å²) in [6.07, 6.45) is 5.27. The van der Waals surface area contributed by atoms with Crippen LogP contribution in [0.1, 0.15) is 11.1 Å². The summed E-state index contributed by atoms with van der Waals surface area (Å²) in [6, 6.07) is 17.5. The Balaban J connectivity index is 1.21. The van der Waals surface area contributed by atoms with E-state index in [1.165, 1.54) is 27.8 Å². The summed E-state index contributed by atoms with van der Waals surface area (Å²) < 4.78 is 1.96. The van der Waals surface area contributed by atoms with Crippen LogP contribution in [0.5, 0.6) is 0 Å². The molecule has 0 saturated carbocycles. The lowest BCUT2D eigenvalue weighted by atomic mass is 10.2. The monoisotopic (exact) mass is 557 g/mol. The molecule has 0 bridgehead atoms. The molecule has 0 aliphatic heterocycles. The number of carbonyl (C=O) groups is 1. The average molecular weight is 558 g/mol. The van der Waals surface area contributed by atoms with E-state index in [2.05, 4.69) is 36.2 Å². The van der Waals surface area contributed by atoms with Crippen LogP contribution in [0.25, 0.3) is 6.08 Å². The maximum Gasteiger partial charge on any atom is 0.264 e. The van der Waals surface area contributed by atoms with Gasteiger partial charge in [-0.25, -0.2) is 10.1 Å². The number of thioether (sulfide) groups is 2. The smallest absolute Gasteiger partial charge is 0.264 e. The summed E-state index contributed by atoms with van der Waals surface area (Å²) >= 11 is 10.1. The molecule has 4 aromatic rings. The highest BCUT2D eigenvalue weighted by Gasteiger charge is 2.14. The molecule has 184 valence electrons. The zero-order chi connectivity index (χ0) is 25.2. The predicted molar refractivity (Wildman–Crippen MR) is 148 cm³/mol. The fraction of sp³-hybridized carbons (Fsp3) is 0.0909. The molecular weight excluding hydrogens is 538 g/mol. The number of nitrogen functional groups attached to an aromatic ring is 1. The highest BCUT2D eigenvalue weighted by atomic mass is 35.5. The van der Waals surface area contributed by atoms with Gasteiger partial charge in [0.2, 0.25) is 16.2 Å². The fourth-order valence-electron chi connectivity index (χ4n) is 2.67. The highest BCUT2D eigenvalue weighted by molar-refractivity contribution is 8.00. The summed E-state index contributed by atoms with van der Waals surface area (Å²) in [4.78, 5) is 12.3. The van der Waals surface area contributed by atoms with E-state index < -0.39 is 0 Å². The number of hydrogen-bond donors (Lipinski definition) is 3. The molecule has 0 aliphatic carbocycles. The number of benzene rings is 2. The number of halogens is 1. The van der Waals surface area contributed by atoms with Crippen LogP contribution < -0.4 is 16.6 Å². The van der Waals surface area contributed by atoms with Gasteiger partial charge in [-0.15, -0.1) is 20.4 Å². The number of anilines is 2. The Kier molecular flexibility index (Phi) is 9.33. The van der Waals surface area contributed by atoms with Crippen molar-refractivity contribution < 1.29 is 4.79 Å². The number of nitrogens with zero attached hydrogens (tertiary/aromatic N) is 6. The van der Waals surface area contributed by atoms with Crippen molar-refractivity contribution in [3.63, 3.8) is 0 Å². The third-order valence-corrected chi connectivity index (χ3v) is 7.70. The molecule has 2 aromatic heterocycles. The second-order valence-electron chi connectivity index (χ2n) is 6.93.